The molecule has 0 fully saturated rings. The van der Waals surface area contributed by atoms with Crippen molar-refractivity contribution >= 4 is 16.1 Å². The van der Waals surface area contributed by atoms with Gasteiger partial charge in [-0.05, 0) is 6.42 Å². The largest absolute Gasteiger partial charge is 0.396 e. The van der Waals surface area contributed by atoms with E-state index in [2.05, 4.69) is 32.7 Å². The van der Waals surface area contributed by atoms with Crippen molar-refractivity contribution in [2.24, 2.45) is 0 Å². The summed E-state index contributed by atoms with van der Waals surface area (Å²) in [5.41, 5.74) is 1.59. The van der Waals surface area contributed by atoms with E-state index in [1.54, 1.807) is 5.67 Å². The van der Waals surface area contributed by atoms with Gasteiger partial charge in [-0.3, -0.25) is 0 Å². The molecular weight excluding hydrogens is 240 g/mol. The Balaban J connectivity index is 3.52. The second-order valence-electron chi connectivity index (χ2n) is 7.50. The lowest BCUT2D eigenvalue weighted by Crippen LogP contribution is -2.37. The quantitative estimate of drug-likeness (QED) is 0.443. The van der Waals surface area contributed by atoms with Crippen LogP contribution < -0.4 is 0 Å². The van der Waals surface area contributed by atoms with Gasteiger partial charge in [-0.2, -0.15) is 0 Å². The molecule has 0 atom stereocenters. The molecule has 0 aromatic carbocycles. The third-order valence-corrected chi connectivity index (χ3v) is 13.0. The third kappa shape index (κ3) is 12.6. The van der Waals surface area contributed by atoms with Crippen molar-refractivity contribution in [2.45, 2.75) is 83.0 Å². The SMILES string of the molecule is C[Si](C)(C)C[Si](C)(C)CCCCCCCCO. The molecule has 0 aliphatic heterocycles. The van der Waals surface area contributed by atoms with Gasteiger partial charge in [0.25, 0.3) is 0 Å². The Hall–Kier alpha value is 0.394. The summed E-state index contributed by atoms with van der Waals surface area (Å²) in [4.78, 5) is 0. The highest BCUT2D eigenvalue weighted by atomic mass is 28.4. The summed E-state index contributed by atoms with van der Waals surface area (Å²) in [6.07, 6.45) is 7.76. The first-order valence-corrected chi connectivity index (χ1v) is 14.5. The molecule has 0 aliphatic carbocycles. The molecular formula is C14H34OSi2. The van der Waals surface area contributed by atoms with Gasteiger partial charge in [0.15, 0.2) is 0 Å². The molecule has 0 unspecified atom stereocenters. The van der Waals surface area contributed by atoms with Crippen LogP contribution in [0.2, 0.25) is 44.4 Å². The maximum Gasteiger partial charge on any atom is 0.0447 e. The standard InChI is InChI=1S/C14H34OSi2/c1-16(2,3)14-17(4,5)13-11-9-7-6-8-10-12-15/h15H,6-14H2,1-5H3. The topological polar surface area (TPSA) is 20.2 Å². The van der Waals surface area contributed by atoms with Gasteiger partial charge in [-0.15, -0.1) is 0 Å². The van der Waals surface area contributed by atoms with Crippen LogP contribution in [0.15, 0.2) is 0 Å². The normalized spacial score (nSPS) is 13.1. The van der Waals surface area contributed by atoms with Gasteiger partial charge in [0, 0.05) is 22.8 Å². The minimum absolute atomic E-state index is 0.371. The van der Waals surface area contributed by atoms with Gasteiger partial charge in [-0.25, -0.2) is 0 Å². The van der Waals surface area contributed by atoms with E-state index < -0.39 is 16.1 Å². The lowest BCUT2D eigenvalue weighted by atomic mass is 10.1. The van der Waals surface area contributed by atoms with Crippen LogP contribution in [-0.4, -0.2) is 27.9 Å². The zero-order chi connectivity index (χ0) is 13.4. The molecule has 1 nitrogen and oxygen atoms in total. The zero-order valence-electron chi connectivity index (χ0n) is 12.8. The first kappa shape index (κ1) is 17.4. The van der Waals surface area contributed by atoms with Crippen LogP contribution in [0.5, 0.6) is 0 Å². The summed E-state index contributed by atoms with van der Waals surface area (Å²) in [7, 11) is -1.74. The third-order valence-electron chi connectivity index (χ3n) is 3.27. The van der Waals surface area contributed by atoms with Crippen LogP contribution in [0.25, 0.3) is 0 Å². The molecule has 0 aliphatic rings. The first-order valence-electron chi connectivity index (χ1n) is 7.38. The minimum atomic E-state index is -0.892. The van der Waals surface area contributed by atoms with Gasteiger partial charge in [0.2, 0.25) is 0 Å². The number of rotatable bonds is 10. The molecule has 3 heteroatoms. The highest BCUT2D eigenvalue weighted by Crippen LogP contribution is 2.25. The Bertz CT molecular complexity index is 185. The number of aliphatic hydroxyl groups is 1. The summed E-state index contributed by atoms with van der Waals surface area (Å²) >= 11 is 0. The van der Waals surface area contributed by atoms with Crippen LogP contribution >= 0.6 is 0 Å². The van der Waals surface area contributed by atoms with E-state index in [1.807, 2.05) is 0 Å². The van der Waals surface area contributed by atoms with Crippen LogP contribution in [0.4, 0.5) is 0 Å². The fourth-order valence-electron chi connectivity index (χ4n) is 2.95. The van der Waals surface area contributed by atoms with Crippen LogP contribution in [-0.2, 0) is 0 Å². The summed E-state index contributed by atoms with van der Waals surface area (Å²) < 4.78 is 0. The maximum absolute atomic E-state index is 8.69. The molecule has 0 radical (unpaired) electrons. The molecule has 104 valence electrons. The molecule has 0 rings (SSSR count). The number of hydrogen-bond acceptors (Lipinski definition) is 1. The van der Waals surface area contributed by atoms with Crippen molar-refractivity contribution < 1.29 is 5.11 Å². The lowest BCUT2D eigenvalue weighted by Gasteiger charge is -2.29. The van der Waals surface area contributed by atoms with Crippen LogP contribution in [0.3, 0.4) is 0 Å². The molecule has 0 aromatic heterocycles. The van der Waals surface area contributed by atoms with Crippen molar-refractivity contribution in [3.63, 3.8) is 0 Å². The highest BCUT2D eigenvalue weighted by Gasteiger charge is 2.27. The van der Waals surface area contributed by atoms with Gasteiger partial charge in [0.1, 0.15) is 0 Å². The van der Waals surface area contributed by atoms with E-state index in [-0.39, 0.29) is 0 Å². The van der Waals surface area contributed by atoms with Crippen molar-refractivity contribution in [3.8, 4) is 0 Å². The van der Waals surface area contributed by atoms with Crippen LogP contribution in [0.1, 0.15) is 38.5 Å². The average molecular weight is 275 g/mol. The molecule has 0 saturated carbocycles. The lowest BCUT2D eigenvalue weighted by molar-refractivity contribution is 0.282. The minimum Gasteiger partial charge on any atom is -0.396 e. The van der Waals surface area contributed by atoms with Crippen molar-refractivity contribution in [3.05, 3.63) is 0 Å². The zero-order valence-corrected chi connectivity index (χ0v) is 14.8. The Morgan fingerprint density at radius 3 is 1.65 bits per heavy atom. The maximum atomic E-state index is 8.69. The number of aliphatic hydroxyl groups excluding tert-OH is 1. The van der Waals surface area contributed by atoms with Gasteiger partial charge >= 0.3 is 0 Å². The number of hydrogen-bond donors (Lipinski definition) is 1. The van der Waals surface area contributed by atoms with Crippen LogP contribution in [0, 0.1) is 0 Å². The summed E-state index contributed by atoms with van der Waals surface area (Å²) in [5, 5.41) is 8.69. The van der Waals surface area contributed by atoms with E-state index in [4.69, 9.17) is 5.11 Å². The average Bonchev–Trinajstić information content (AvgIpc) is 2.12. The Kier molecular flexibility index (Phi) is 8.68. The van der Waals surface area contributed by atoms with Gasteiger partial charge < -0.3 is 5.11 Å². The molecule has 0 bridgehead atoms. The molecule has 0 amide bonds. The summed E-state index contributed by atoms with van der Waals surface area (Å²) in [5.74, 6) is 0. The van der Waals surface area contributed by atoms with E-state index in [9.17, 15) is 0 Å². The summed E-state index contributed by atoms with van der Waals surface area (Å²) in [6.45, 7) is 13.1. The Morgan fingerprint density at radius 2 is 1.18 bits per heavy atom. The Labute approximate surface area is 111 Å². The molecule has 17 heavy (non-hydrogen) atoms. The summed E-state index contributed by atoms with van der Waals surface area (Å²) in [6, 6.07) is 1.53. The molecule has 0 heterocycles. The Morgan fingerprint density at radius 1 is 0.706 bits per heavy atom. The molecule has 1 N–H and O–H groups in total. The fourth-order valence-corrected chi connectivity index (χ4v) is 16.3. The van der Waals surface area contributed by atoms with E-state index in [1.165, 1.54) is 38.1 Å². The second-order valence-corrected chi connectivity index (χ2v) is 18.9. The molecule has 0 spiro atoms. The van der Waals surface area contributed by atoms with Crippen molar-refractivity contribution in [1.82, 2.24) is 0 Å². The van der Waals surface area contributed by atoms with Crippen molar-refractivity contribution in [1.29, 1.82) is 0 Å². The fraction of sp³-hybridized carbons (Fsp3) is 1.00. The predicted octanol–water partition coefficient (Wildman–Crippen LogP) is 4.91. The predicted molar refractivity (Wildman–Crippen MR) is 85.2 cm³/mol. The van der Waals surface area contributed by atoms with Gasteiger partial charge in [0.05, 0.1) is 0 Å². The van der Waals surface area contributed by atoms with E-state index in [0.717, 1.165) is 6.42 Å². The van der Waals surface area contributed by atoms with E-state index in [0.29, 0.717) is 6.61 Å². The smallest absolute Gasteiger partial charge is 0.0447 e. The van der Waals surface area contributed by atoms with Crippen molar-refractivity contribution in [2.75, 3.05) is 6.61 Å². The first-order chi connectivity index (χ1) is 7.77. The van der Waals surface area contributed by atoms with E-state index >= 15 is 0 Å². The highest BCUT2D eigenvalue weighted by molar-refractivity contribution is 6.94. The molecule has 0 aromatic rings. The molecule has 0 saturated heterocycles. The number of unbranched alkanes of at least 4 members (excludes halogenated alkanes) is 5. The second kappa shape index (κ2) is 8.49. The van der Waals surface area contributed by atoms with Gasteiger partial charge in [-0.1, -0.05) is 76.6 Å². The monoisotopic (exact) mass is 274 g/mol.